The largest absolute Gasteiger partial charge is 0.416 e. The molecule has 0 saturated carbocycles. The highest BCUT2D eigenvalue weighted by atomic mass is 19.4. The minimum absolute atomic E-state index is 0.0615. The molecule has 1 heterocycles. The Labute approximate surface area is 136 Å². The molecule has 2 aromatic carbocycles. The van der Waals surface area contributed by atoms with E-state index in [1.807, 2.05) is 24.3 Å². The highest BCUT2D eigenvalue weighted by Crippen LogP contribution is 2.33. The van der Waals surface area contributed by atoms with Crippen LogP contribution in [0.2, 0.25) is 0 Å². The summed E-state index contributed by atoms with van der Waals surface area (Å²) in [5.74, 6) is 0.329. The topological polar surface area (TPSA) is 41.6 Å². The Hall–Kier alpha value is -3.07. The molecule has 0 aliphatic carbocycles. The first-order valence-electron chi connectivity index (χ1n) is 7.11. The molecule has 0 aliphatic heterocycles. The van der Waals surface area contributed by atoms with Gasteiger partial charge in [0.25, 0.3) is 0 Å². The molecular formula is C18H12F3N3. The van der Waals surface area contributed by atoms with Crippen molar-refractivity contribution in [1.29, 1.82) is 5.26 Å². The quantitative estimate of drug-likeness (QED) is 0.643. The van der Waals surface area contributed by atoms with Gasteiger partial charge in [-0.15, -0.1) is 0 Å². The summed E-state index contributed by atoms with van der Waals surface area (Å²) in [4.78, 5) is 4.36. The third-order valence-corrected chi connectivity index (χ3v) is 3.71. The van der Waals surface area contributed by atoms with Crippen molar-refractivity contribution in [3.05, 3.63) is 65.5 Å². The molecule has 0 atom stereocenters. The molecule has 0 bridgehead atoms. The molecule has 0 amide bonds. The monoisotopic (exact) mass is 327 g/mol. The van der Waals surface area contributed by atoms with Gasteiger partial charge in [-0.25, -0.2) is 4.98 Å². The summed E-state index contributed by atoms with van der Waals surface area (Å²) in [6.45, 7) is 0. The van der Waals surface area contributed by atoms with E-state index in [4.69, 9.17) is 0 Å². The summed E-state index contributed by atoms with van der Waals surface area (Å²) in [6, 6.07) is 14.4. The molecule has 3 nitrogen and oxygen atoms in total. The normalized spacial score (nSPS) is 12.4. The molecule has 0 unspecified atom stereocenters. The van der Waals surface area contributed by atoms with Crippen molar-refractivity contribution < 1.29 is 13.2 Å². The Balaban J connectivity index is 2.18. The molecule has 24 heavy (non-hydrogen) atoms. The number of fused-ring (bicyclic) bond motifs is 1. The van der Waals surface area contributed by atoms with E-state index in [1.165, 1.54) is 24.3 Å². The Morgan fingerprint density at radius 3 is 2.46 bits per heavy atom. The van der Waals surface area contributed by atoms with E-state index in [9.17, 15) is 18.4 Å². The second-order valence-corrected chi connectivity index (χ2v) is 5.24. The van der Waals surface area contributed by atoms with Crippen LogP contribution in [0.5, 0.6) is 0 Å². The van der Waals surface area contributed by atoms with Crippen LogP contribution in [-0.4, -0.2) is 9.55 Å². The molecular weight excluding hydrogens is 315 g/mol. The van der Waals surface area contributed by atoms with Crippen LogP contribution in [0, 0.1) is 11.3 Å². The summed E-state index contributed by atoms with van der Waals surface area (Å²) in [5.41, 5.74) is 0.716. The number of halogens is 3. The van der Waals surface area contributed by atoms with Crippen molar-refractivity contribution in [2.24, 2.45) is 7.05 Å². The molecule has 120 valence electrons. The van der Waals surface area contributed by atoms with E-state index in [0.717, 1.165) is 11.6 Å². The minimum Gasteiger partial charge on any atom is -0.327 e. The molecule has 0 aliphatic rings. The van der Waals surface area contributed by atoms with Gasteiger partial charge in [0.05, 0.1) is 22.2 Å². The number of hydrogen-bond donors (Lipinski definition) is 0. The molecule has 0 radical (unpaired) electrons. The van der Waals surface area contributed by atoms with E-state index in [-0.39, 0.29) is 11.1 Å². The predicted octanol–water partition coefficient (Wildman–Crippen LogP) is 4.66. The smallest absolute Gasteiger partial charge is 0.327 e. The van der Waals surface area contributed by atoms with E-state index >= 15 is 0 Å². The van der Waals surface area contributed by atoms with Gasteiger partial charge >= 0.3 is 6.18 Å². The number of hydrogen-bond acceptors (Lipinski definition) is 2. The molecule has 3 aromatic rings. The van der Waals surface area contributed by atoms with E-state index in [0.29, 0.717) is 11.3 Å². The number of rotatable bonds is 2. The summed E-state index contributed by atoms with van der Waals surface area (Å²) < 4.78 is 41.1. The molecule has 3 rings (SSSR count). The van der Waals surface area contributed by atoms with Crippen molar-refractivity contribution in [3.63, 3.8) is 0 Å². The first kappa shape index (κ1) is 15.8. The van der Waals surface area contributed by atoms with Crippen molar-refractivity contribution >= 4 is 22.7 Å². The van der Waals surface area contributed by atoms with Crippen LogP contribution in [0.3, 0.4) is 0 Å². The summed E-state index contributed by atoms with van der Waals surface area (Å²) in [7, 11) is 1.73. The van der Waals surface area contributed by atoms with Crippen molar-refractivity contribution in [1.82, 2.24) is 9.55 Å². The second-order valence-electron chi connectivity index (χ2n) is 5.24. The zero-order valence-corrected chi connectivity index (χ0v) is 12.7. The average molecular weight is 327 g/mol. The van der Waals surface area contributed by atoms with Gasteiger partial charge in [0.2, 0.25) is 0 Å². The van der Waals surface area contributed by atoms with Gasteiger partial charge in [-0.2, -0.15) is 18.4 Å². The Morgan fingerprint density at radius 1 is 1.12 bits per heavy atom. The summed E-state index contributed by atoms with van der Waals surface area (Å²) in [5, 5.41) is 9.43. The maximum absolute atomic E-state index is 13.1. The number of imidazole rings is 1. The maximum atomic E-state index is 13.1. The number of benzene rings is 2. The van der Waals surface area contributed by atoms with E-state index in [2.05, 4.69) is 4.98 Å². The van der Waals surface area contributed by atoms with Crippen molar-refractivity contribution in [3.8, 4) is 6.07 Å². The number of aryl methyl sites for hydroxylation is 1. The van der Waals surface area contributed by atoms with E-state index in [1.54, 1.807) is 17.7 Å². The van der Waals surface area contributed by atoms with Gasteiger partial charge in [-0.05, 0) is 29.8 Å². The lowest BCUT2D eigenvalue weighted by molar-refractivity contribution is -0.137. The van der Waals surface area contributed by atoms with E-state index < -0.39 is 11.7 Å². The number of aromatic nitrogens is 2. The predicted molar refractivity (Wildman–Crippen MR) is 85.6 cm³/mol. The average Bonchev–Trinajstić information content (AvgIpc) is 2.89. The molecule has 0 fully saturated rings. The Kier molecular flexibility index (Phi) is 3.86. The van der Waals surface area contributed by atoms with Crippen LogP contribution in [-0.2, 0) is 13.2 Å². The third-order valence-electron chi connectivity index (χ3n) is 3.71. The second kappa shape index (κ2) is 5.85. The van der Waals surface area contributed by atoms with Crippen LogP contribution < -0.4 is 0 Å². The molecule has 0 saturated heterocycles. The van der Waals surface area contributed by atoms with Gasteiger partial charge in [0.15, 0.2) is 5.82 Å². The lowest BCUT2D eigenvalue weighted by Crippen LogP contribution is -2.07. The summed E-state index contributed by atoms with van der Waals surface area (Å²) >= 11 is 0. The van der Waals surface area contributed by atoms with Crippen LogP contribution in [0.4, 0.5) is 13.2 Å². The maximum Gasteiger partial charge on any atom is 0.416 e. The zero-order chi connectivity index (χ0) is 17.3. The van der Waals surface area contributed by atoms with Crippen LogP contribution in [0.1, 0.15) is 17.0 Å². The summed E-state index contributed by atoms with van der Waals surface area (Å²) in [6.07, 6.45) is -3.26. The van der Waals surface area contributed by atoms with Gasteiger partial charge in [-0.3, -0.25) is 0 Å². The van der Waals surface area contributed by atoms with Gasteiger partial charge in [0.1, 0.15) is 6.07 Å². The van der Waals surface area contributed by atoms with Crippen molar-refractivity contribution in [2.45, 2.75) is 6.18 Å². The lowest BCUT2D eigenvalue weighted by atomic mass is 10.0. The molecule has 0 spiro atoms. The SMILES string of the molecule is Cn1c(C(C#N)=Cc2ccccc2C(F)(F)F)nc2ccccc21. The zero-order valence-electron chi connectivity index (χ0n) is 12.7. The highest BCUT2D eigenvalue weighted by Gasteiger charge is 2.32. The standard InChI is InChI=1S/C18H12F3N3/c1-24-16-9-5-4-8-15(16)23-17(24)13(11-22)10-12-6-2-3-7-14(12)18(19,20)21/h2-10H,1H3. The van der Waals surface area contributed by atoms with Gasteiger partial charge < -0.3 is 4.57 Å². The number of allylic oxidation sites excluding steroid dienone is 1. The number of para-hydroxylation sites is 2. The number of nitrogens with zero attached hydrogens (tertiary/aromatic N) is 3. The number of alkyl halides is 3. The number of nitriles is 1. The molecule has 6 heteroatoms. The molecule has 0 N–H and O–H groups in total. The van der Waals surface area contributed by atoms with Gasteiger partial charge in [0, 0.05) is 7.05 Å². The van der Waals surface area contributed by atoms with Gasteiger partial charge in [-0.1, -0.05) is 30.3 Å². The first-order chi connectivity index (χ1) is 11.4. The fraction of sp³-hybridized carbons (Fsp3) is 0.111. The fourth-order valence-electron chi connectivity index (χ4n) is 2.57. The first-order valence-corrected chi connectivity index (χ1v) is 7.11. The van der Waals surface area contributed by atoms with Crippen LogP contribution >= 0.6 is 0 Å². The van der Waals surface area contributed by atoms with Crippen molar-refractivity contribution in [2.75, 3.05) is 0 Å². The lowest BCUT2D eigenvalue weighted by Gasteiger charge is -2.10. The van der Waals surface area contributed by atoms with Crippen LogP contribution in [0.15, 0.2) is 48.5 Å². The highest BCUT2D eigenvalue weighted by molar-refractivity contribution is 5.91. The minimum atomic E-state index is -4.49. The molecule has 1 aromatic heterocycles. The fourth-order valence-corrected chi connectivity index (χ4v) is 2.57. The third kappa shape index (κ3) is 2.76. The van der Waals surface area contributed by atoms with Crippen LogP contribution in [0.25, 0.3) is 22.7 Å². The Bertz CT molecular complexity index is 975. The Morgan fingerprint density at radius 2 is 1.79 bits per heavy atom.